The summed E-state index contributed by atoms with van der Waals surface area (Å²) in [5.74, 6) is 0.881. The van der Waals surface area contributed by atoms with Gasteiger partial charge >= 0.3 is 0 Å². The van der Waals surface area contributed by atoms with Crippen molar-refractivity contribution in [1.82, 2.24) is 10.2 Å². The van der Waals surface area contributed by atoms with Crippen molar-refractivity contribution < 1.29 is 4.74 Å². The van der Waals surface area contributed by atoms with Gasteiger partial charge in [-0.3, -0.25) is 0 Å². The standard InChI is InChI=1S/C14H28N2O/c1-3-15-12(2)13-4-8-16(9-5-13)14-6-10-17-11-7-14/h12-15H,3-11H2,1-2H3. The van der Waals surface area contributed by atoms with Crippen molar-refractivity contribution in [1.29, 1.82) is 0 Å². The average molecular weight is 240 g/mol. The van der Waals surface area contributed by atoms with Crippen LogP contribution < -0.4 is 5.32 Å². The first-order valence-electron chi connectivity index (χ1n) is 7.36. The molecular formula is C14H28N2O. The predicted octanol–water partition coefficient (Wildman–Crippen LogP) is 1.88. The summed E-state index contributed by atoms with van der Waals surface area (Å²) in [5.41, 5.74) is 0. The lowest BCUT2D eigenvalue weighted by molar-refractivity contribution is 0.0188. The van der Waals surface area contributed by atoms with Gasteiger partial charge in [-0.1, -0.05) is 6.92 Å². The Morgan fingerprint density at radius 2 is 1.82 bits per heavy atom. The summed E-state index contributed by atoms with van der Waals surface area (Å²) in [7, 11) is 0. The van der Waals surface area contributed by atoms with E-state index in [-0.39, 0.29) is 0 Å². The highest BCUT2D eigenvalue weighted by atomic mass is 16.5. The number of hydrogen-bond acceptors (Lipinski definition) is 3. The molecule has 0 saturated carbocycles. The minimum absolute atomic E-state index is 0.692. The first-order valence-corrected chi connectivity index (χ1v) is 7.36. The van der Waals surface area contributed by atoms with Crippen LogP contribution in [0.1, 0.15) is 39.5 Å². The van der Waals surface area contributed by atoms with Crippen LogP contribution in [-0.4, -0.2) is 49.8 Å². The van der Waals surface area contributed by atoms with E-state index in [1.165, 1.54) is 38.8 Å². The molecule has 0 aliphatic carbocycles. The van der Waals surface area contributed by atoms with Gasteiger partial charge in [-0.2, -0.15) is 0 Å². The largest absolute Gasteiger partial charge is 0.381 e. The van der Waals surface area contributed by atoms with E-state index in [9.17, 15) is 0 Å². The lowest BCUT2D eigenvalue weighted by Gasteiger charge is -2.40. The van der Waals surface area contributed by atoms with E-state index in [0.29, 0.717) is 6.04 Å². The summed E-state index contributed by atoms with van der Waals surface area (Å²) in [6.07, 6.45) is 5.22. The zero-order valence-corrected chi connectivity index (χ0v) is 11.5. The zero-order chi connectivity index (χ0) is 12.1. The fourth-order valence-electron chi connectivity index (χ4n) is 3.32. The van der Waals surface area contributed by atoms with Gasteiger partial charge in [-0.15, -0.1) is 0 Å². The molecular weight excluding hydrogens is 212 g/mol. The highest BCUT2D eigenvalue weighted by Gasteiger charge is 2.28. The maximum atomic E-state index is 5.45. The molecule has 0 radical (unpaired) electrons. The van der Waals surface area contributed by atoms with Crippen LogP contribution in [0.15, 0.2) is 0 Å². The number of ether oxygens (including phenoxy) is 1. The normalized spacial score (nSPS) is 27.2. The molecule has 2 rings (SSSR count). The van der Waals surface area contributed by atoms with Gasteiger partial charge in [0.05, 0.1) is 0 Å². The summed E-state index contributed by atoms with van der Waals surface area (Å²) >= 11 is 0. The smallest absolute Gasteiger partial charge is 0.0480 e. The number of rotatable bonds is 4. The Kier molecular flexibility index (Phi) is 5.26. The molecule has 0 bridgehead atoms. The van der Waals surface area contributed by atoms with Crippen molar-refractivity contribution in [3.8, 4) is 0 Å². The predicted molar refractivity (Wildman–Crippen MR) is 71.3 cm³/mol. The Morgan fingerprint density at radius 1 is 1.18 bits per heavy atom. The molecule has 2 heterocycles. The van der Waals surface area contributed by atoms with Crippen LogP contribution in [0, 0.1) is 5.92 Å². The third-order valence-corrected chi connectivity index (χ3v) is 4.51. The average Bonchev–Trinajstić information content (AvgIpc) is 2.40. The van der Waals surface area contributed by atoms with Crippen LogP contribution in [0.5, 0.6) is 0 Å². The molecule has 0 aromatic heterocycles. The first kappa shape index (κ1) is 13.3. The molecule has 2 aliphatic heterocycles. The summed E-state index contributed by atoms with van der Waals surface area (Å²) in [6, 6.07) is 1.50. The quantitative estimate of drug-likeness (QED) is 0.812. The minimum Gasteiger partial charge on any atom is -0.381 e. The van der Waals surface area contributed by atoms with Crippen LogP contribution in [0.3, 0.4) is 0 Å². The molecule has 0 aromatic rings. The zero-order valence-electron chi connectivity index (χ0n) is 11.5. The molecule has 1 N–H and O–H groups in total. The maximum Gasteiger partial charge on any atom is 0.0480 e. The lowest BCUT2D eigenvalue weighted by atomic mass is 9.89. The molecule has 3 heteroatoms. The van der Waals surface area contributed by atoms with Crippen molar-refractivity contribution in [2.75, 3.05) is 32.8 Å². The van der Waals surface area contributed by atoms with E-state index < -0.39 is 0 Å². The second-order valence-corrected chi connectivity index (χ2v) is 5.56. The van der Waals surface area contributed by atoms with Crippen molar-refractivity contribution in [3.05, 3.63) is 0 Å². The van der Waals surface area contributed by atoms with Gasteiger partial charge < -0.3 is 15.0 Å². The molecule has 1 atom stereocenters. The highest BCUT2D eigenvalue weighted by Crippen LogP contribution is 2.25. The number of nitrogens with zero attached hydrogens (tertiary/aromatic N) is 1. The summed E-state index contributed by atoms with van der Waals surface area (Å²) in [6.45, 7) is 10.2. The van der Waals surface area contributed by atoms with Crippen molar-refractivity contribution in [2.45, 2.75) is 51.6 Å². The molecule has 3 nitrogen and oxygen atoms in total. The number of nitrogens with one attached hydrogen (secondary N) is 1. The summed E-state index contributed by atoms with van der Waals surface area (Å²) in [4.78, 5) is 2.71. The molecule has 2 aliphatic rings. The van der Waals surface area contributed by atoms with Crippen LogP contribution >= 0.6 is 0 Å². The number of hydrogen-bond donors (Lipinski definition) is 1. The topological polar surface area (TPSA) is 24.5 Å². The van der Waals surface area contributed by atoms with E-state index in [4.69, 9.17) is 4.74 Å². The van der Waals surface area contributed by atoms with Gasteiger partial charge in [0.15, 0.2) is 0 Å². The fourth-order valence-corrected chi connectivity index (χ4v) is 3.32. The third-order valence-electron chi connectivity index (χ3n) is 4.51. The van der Waals surface area contributed by atoms with E-state index in [0.717, 1.165) is 31.7 Å². The van der Waals surface area contributed by atoms with E-state index >= 15 is 0 Å². The van der Waals surface area contributed by atoms with Crippen LogP contribution in [0.2, 0.25) is 0 Å². The van der Waals surface area contributed by atoms with Gasteiger partial charge in [0.2, 0.25) is 0 Å². The first-order chi connectivity index (χ1) is 8.31. The summed E-state index contributed by atoms with van der Waals surface area (Å²) in [5, 5.41) is 3.57. The number of likely N-dealkylation sites (tertiary alicyclic amines) is 1. The third kappa shape index (κ3) is 3.67. The Balaban J connectivity index is 1.73. The lowest BCUT2D eigenvalue weighted by Crippen LogP contribution is -2.47. The molecule has 0 aromatic carbocycles. The molecule has 0 spiro atoms. The van der Waals surface area contributed by atoms with Crippen molar-refractivity contribution >= 4 is 0 Å². The molecule has 2 fully saturated rings. The van der Waals surface area contributed by atoms with Crippen LogP contribution in [-0.2, 0) is 4.74 Å². The maximum absolute atomic E-state index is 5.45. The van der Waals surface area contributed by atoms with Crippen molar-refractivity contribution in [2.24, 2.45) is 5.92 Å². The van der Waals surface area contributed by atoms with Crippen molar-refractivity contribution in [3.63, 3.8) is 0 Å². The molecule has 2 saturated heterocycles. The molecule has 17 heavy (non-hydrogen) atoms. The van der Waals surface area contributed by atoms with Gasteiger partial charge in [0.1, 0.15) is 0 Å². The van der Waals surface area contributed by atoms with Gasteiger partial charge in [-0.25, -0.2) is 0 Å². The highest BCUT2D eigenvalue weighted by molar-refractivity contribution is 4.83. The van der Waals surface area contributed by atoms with E-state index in [2.05, 4.69) is 24.1 Å². The Labute approximate surface area is 106 Å². The van der Waals surface area contributed by atoms with Gasteiger partial charge in [0.25, 0.3) is 0 Å². The van der Waals surface area contributed by atoms with Gasteiger partial charge in [-0.05, 0) is 58.2 Å². The Morgan fingerprint density at radius 3 is 2.41 bits per heavy atom. The van der Waals surface area contributed by atoms with Gasteiger partial charge in [0, 0.05) is 25.3 Å². The second kappa shape index (κ2) is 6.72. The van der Waals surface area contributed by atoms with Crippen LogP contribution in [0.25, 0.3) is 0 Å². The monoisotopic (exact) mass is 240 g/mol. The Hall–Kier alpha value is -0.120. The fraction of sp³-hybridized carbons (Fsp3) is 1.00. The van der Waals surface area contributed by atoms with E-state index in [1.807, 2.05) is 0 Å². The SMILES string of the molecule is CCNC(C)C1CCN(C2CCOCC2)CC1. The molecule has 1 unspecified atom stereocenters. The second-order valence-electron chi connectivity index (χ2n) is 5.56. The van der Waals surface area contributed by atoms with E-state index in [1.54, 1.807) is 0 Å². The Bertz CT molecular complexity index is 208. The molecule has 100 valence electrons. The summed E-state index contributed by atoms with van der Waals surface area (Å²) < 4.78 is 5.45. The van der Waals surface area contributed by atoms with Crippen LogP contribution in [0.4, 0.5) is 0 Å². The number of piperidine rings is 1. The molecule has 0 amide bonds. The minimum atomic E-state index is 0.692.